The minimum Gasteiger partial charge on any atom is -0.387 e. The standard InChI is InChI=1S/C17H26N2O2/c1-19(2)15-9-7-14(8-10-15)16(20)12-18-17(21)11-13-5-3-4-6-13/h7-10,13,16,20H,3-6,11-12H2,1-2H3,(H,18,21). The molecule has 1 fully saturated rings. The first-order chi connectivity index (χ1) is 10.1. The van der Waals surface area contributed by atoms with Gasteiger partial charge in [0, 0.05) is 32.7 Å². The molecule has 4 heteroatoms. The zero-order valence-electron chi connectivity index (χ0n) is 13.0. The van der Waals surface area contributed by atoms with E-state index in [-0.39, 0.29) is 12.5 Å². The lowest BCUT2D eigenvalue weighted by atomic mass is 10.0. The molecule has 21 heavy (non-hydrogen) atoms. The normalized spacial score (nSPS) is 16.7. The van der Waals surface area contributed by atoms with Crippen molar-refractivity contribution in [3.63, 3.8) is 0 Å². The molecule has 2 N–H and O–H groups in total. The maximum Gasteiger partial charge on any atom is 0.220 e. The highest BCUT2D eigenvalue weighted by Crippen LogP contribution is 2.27. The van der Waals surface area contributed by atoms with Crippen LogP contribution in [0.3, 0.4) is 0 Å². The third-order valence-corrected chi connectivity index (χ3v) is 4.24. The highest BCUT2D eigenvalue weighted by atomic mass is 16.3. The van der Waals surface area contributed by atoms with Crippen LogP contribution in [0.5, 0.6) is 0 Å². The molecule has 1 atom stereocenters. The molecule has 0 radical (unpaired) electrons. The number of hydrogen-bond acceptors (Lipinski definition) is 3. The van der Waals surface area contributed by atoms with Gasteiger partial charge in [0.2, 0.25) is 5.91 Å². The van der Waals surface area contributed by atoms with E-state index >= 15 is 0 Å². The van der Waals surface area contributed by atoms with Gasteiger partial charge in [0.15, 0.2) is 0 Å². The van der Waals surface area contributed by atoms with Crippen LogP contribution in [0.2, 0.25) is 0 Å². The van der Waals surface area contributed by atoms with Crippen molar-refractivity contribution in [2.45, 2.75) is 38.2 Å². The first kappa shape index (κ1) is 15.8. The molecule has 0 aromatic heterocycles. The fourth-order valence-electron chi connectivity index (χ4n) is 2.87. The van der Waals surface area contributed by atoms with Crippen molar-refractivity contribution in [2.24, 2.45) is 5.92 Å². The van der Waals surface area contributed by atoms with Crippen LogP contribution in [0.4, 0.5) is 5.69 Å². The van der Waals surface area contributed by atoms with E-state index in [1.807, 2.05) is 43.3 Å². The lowest BCUT2D eigenvalue weighted by Crippen LogP contribution is -2.29. The smallest absolute Gasteiger partial charge is 0.220 e. The molecule has 0 bridgehead atoms. The second kappa shape index (κ2) is 7.46. The second-order valence-electron chi connectivity index (χ2n) is 6.16. The van der Waals surface area contributed by atoms with Crippen LogP contribution in [-0.2, 0) is 4.79 Å². The van der Waals surface area contributed by atoms with Crippen LogP contribution in [0.1, 0.15) is 43.8 Å². The zero-order chi connectivity index (χ0) is 15.2. The average Bonchev–Trinajstić information content (AvgIpc) is 2.97. The Labute approximate surface area is 127 Å². The topological polar surface area (TPSA) is 52.6 Å². The van der Waals surface area contributed by atoms with E-state index in [0.29, 0.717) is 12.3 Å². The van der Waals surface area contributed by atoms with E-state index in [1.54, 1.807) is 0 Å². The predicted octanol–water partition coefficient (Wildman–Crippen LogP) is 2.48. The Morgan fingerprint density at radius 2 is 1.90 bits per heavy atom. The van der Waals surface area contributed by atoms with Gasteiger partial charge >= 0.3 is 0 Å². The van der Waals surface area contributed by atoms with Gasteiger partial charge < -0.3 is 15.3 Å². The van der Waals surface area contributed by atoms with Crippen LogP contribution in [0.15, 0.2) is 24.3 Å². The minimum absolute atomic E-state index is 0.0610. The number of nitrogens with zero attached hydrogens (tertiary/aromatic N) is 1. The van der Waals surface area contributed by atoms with Crippen LogP contribution >= 0.6 is 0 Å². The third-order valence-electron chi connectivity index (χ3n) is 4.24. The van der Waals surface area contributed by atoms with Gasteiger partial charge in [0.1, 0.15) is 0 Å². The van der Waals surface area contributed by atoms with Crippen LogP contribution < -0.4 is 10.2 Å². The fourth-order valence-corrected chi connectivity index (χ4v) is 2.87. The molecule has 116 valence electrons. The van der Waals surface area contributed by atoms with E-state index < -0.39 is 6.10 Å². The number of rotatable bonds is 6. The summed E-state index contributed by atoms with van der Waals surface area (Å²) in [4.78, 5) is 13.9. The molecule has 2 rings (SSSR count). The molecule has 0 saturated heterocycles. The first-order valence-corrected chi connectivity index (χ1v) is 7.78. The largest absolute Gasteiger partial charge is 0.387 e. The molecule has 0 aliphatic heterocycles. The highest BCUT2D eigenvalue weighted by Gasteiger charge is 2.18. The fraction of sp³-hybridized carbons (Fsp3) is 0.588. The van der Waals surface area contributed by atoms with Crippen molar-refractivity contribution in [1.29, 1.82) is 0 Å². The number of amides is 1. The Morgan fingerprint density at radius 1 is 1.29 bits per heavy atom. The quantitative estimate of drug-likeness (QED) is 0.846. The van der Waals surface area contributed by atoms with Gasteiger partial charge in [-0.15, -0.1) is 0 Å². The summed E-state index contributed by atoms with van der Waals surface area (Å²) in [5.41, 5.74) is 1.93. The van der Waals surface area contributed by atoms with Crippen LogP contribution in [0, 0.1) is 5.92 Å². The summed E-state index contributed by atoms with van der Waals surface area (Å²) in [6.07, 6.45) is 4.79. The van der Waals surface area contributed by atoms with E-state index in [1.165, 1.54) is 25.7 Å². The predicted molar refractivity (Wildman–Crippen MR) is 85.3 cm³/mol. The molecule has 1 saturated carbocycles. The molecule has 1 aromatic rings. The number of aliphatic hydroxyl groups excluding tert-OH is 1. The highest BCUT2D eigenvalue weighted by molar-refractivity contribution is 5.76. The van der Waals surface area contributed by atoms with E-state index in [0.717, 1.165) is 11.3 Å². The number of carbonyl (C=O) groups excluding carboxylic acids is 1. The molecule has 1 unspecified atom stereocenters. The summed E-state index contributed by atoms with van der Waals surface area (Å²) >= 11 is 0. The number of benzene rings is 1. The Kier molecular flexibility index (Phi) is 5.62. The summed E-state index contributed by atoms with van der Waals surface area (Å²) in [7, 11) is 3.96. The van der Waals surface area contributed by atoms with Crippen molar-refractivity contribution >= 4 is 11.6 Å². The summed E-state index contributed by atoms with van der Waals surface area (Å²) in [6.45, 7) is 0.285. The van der Waals surface area contributed by atoms with Gasteiger partial charge in [-0.3, -0.25) is 4.79 Å². The lowest BCUT2D eigenvalue weighted by molar-refractivity contribution is -0.122. The number of anilines is 1. The Balaban J connectivity index is 1.77. The van der Waals surface area contributed by atoms with Crippen molar-refractivity contribution in [3.8, 4) is 0 Å². The number of nitrogens with one attached hydrogen (secondary N) is 1. The molecule has 0 spiro atoms. The average molecular weight is 290 g/mol. The van der Waals surface area contributed by atoms with E-state index in [4.69, 9.17) is 0 Å². The summed E-state index contributed by atoms with van der Waals surface area (Å²) in [6, 6.07) is 7.75. The van der Waals surface area contributed by atoms with E-state index in [9.17, 15) is 9.90 Å². The molecule has 1 aliphatic carbocycles. The molecule has 1 aromatic carbocycles. The number of hydrogen-bond donors (Lipinski definition) is 2. The Morgan fingerprint density at radius 3 is 2.48 bits per heavy atom. The molecule has 0 heterocycles. The van der Waals surface area contributed by atoms with E-state index in [2.05, 4.69) is 5.32 Å². The van der Waals surface area contributed by atoms with Gasteiger partial charge in [-0.05, 0) is 36.5 Å². The summed E-state index contributed by atoms with van der Waals surface area (Å²) in [5, 5.41) is 13.0. The molecular weight excluding hydrogens is 264 g/mol. The molecule has 1 amide bonds. The maximum absolute atomic E-state index is 11.8. The second-order valence-corrected chi connectivity index (χ2v) is 6.16. The van der Waals surface area contributed by atoms with Crippen LogP contribution in [-0.4, -0.2) is 31.7 Å². The van der Waals surface area contributed by atoms with Gasteiger partial charge in [-0.1, -0.05) is 25.0 Å². The zero-order valence-corrected chi connectivity index (χ0v) is 13.0. The number of carbonyl (C=O) groups is 1. The summed E-state index contributed by atoms with van der Waals surface area (Å²) < 4.78 is 0. The van der Waals surface area contributed by atoms with Gasteiger partial charge in [0.25, 0.3) is 0 Å². The lowest BCUT2D eigenvalue weighted by Gasteiger charge is -2.16. The van der Waals surface area contributed by atoms with Crippen LogP contribution in [0.25, 0.3) is 0 Å². The van der Waals surface area contributed by atoms with Gasteiger partial charge in [-0.25, -0.2) is 0 Å². The molecular formula is C17H26N2O2. The Hall–Kier alpha value is -1.55. The van der Waals surface area contributed by atoms with Crippen molar-refractivity contribution in [1.82, 2.24) is 5.32 Å². The van der Waals surface area contributed by atoms with Gasteiger partial charge in [0.05, 0.1) is 6.10 Å². The van der Waals surface area contributed by atoms with Crippen molar-refractivity contribution < 1.29 is 9.90 Å². The van der Waals surface area contributed by atoms with Gasteiger partial charge in [-0.2, -0.15) is 0 Å². The number of aliphatic hydroxyl groups is 1. The van der Waals surface area contributed by atoms with Crippen molar-refractivity contribution in [3.05, 3.63) is 29.8 Å². The monoisotopic (exact) mass is 290 g/mol. The van der Waals surface area contributed by atoms with Crippen molar-refractivity contribution in [2.75, 3.05) is 25.5 Å². The molecule has 4 nitrogen and oxygen atoms in total. The maximum atomic E-state index is 11.8. The third kappa shape index (κ3) is 4.74. The Bertz CT molecular complexity index is 450. The SMILES string of the molecule is CN(C)c1ccc(C(O)CNC(=O)CC2CCCC2)cc1. The molecule has 1 aliphatic rings. The minimum atomic E-state index is -0.645. The first-order valence-electron chi connectivity index (χ1n) is 7.78. The summed E-state index contributed by atoms with van der Waals surface area (Å²) in [5.74, 6) is 0.604.